The summed E-state index contributed by atoms with van der Waals surface area (Å²) in [7, 11) is 2.26. The van der Waals surface area contributed by atoms with E-state index in [1.807, 2.05) is 0 Å². The summed E-state index contributed by atoms with van der Waals surface area (Å²) in [6, 6.07) is 4.28. The zero-order valence-corrected chi connectivity index (χ0v) is 14.4. The van der Waals surface area contributed by atoms with E-state index in [1.54, 1.807) is 0 Å². The SMILES string of the molecule is CCC1CCC(N(C)C(C)CC(C)(C#N)NC2CC2)CC1. The molecule has 2 aliphatic rings. The van der Waals surface area contributed by atoms with Crippen molar-refractivity contribution in [2.45, 2.75) is 95.8 Å². The predicted molar refractivity (Wildman–Crippen MR) is 88.1 cm³/mol. The van der Waals surface area contributed by atoms with Gasteiger partial charge in [-0.05, 0) is 71.8 Å². The molecule has 2 rings (SSSR count). The van der Waals surface area contributed by atoms with Crippen molar-refractivity contribution in [2.24, 2.45) is 5.92 Å². The Morgan fingerprint density at radius 3 is 2.33 bits per heavy atom. The van der Waals surface area contributed by atoms with Crippen LogP contribution in [0, 0.1) is 17.2 Å². The Bertz CT molecular complexity index is 363. The molecule has 2 aliphatic carbocycles. The largest absolute Gasteiger partial charge is 0.301 e. The molecule has 21 heavy (non-hydrogen) atoms. The highest BCUT2D eigenvalue weighted by Gasteiger charge is 2.35. The third-order valence-corrected chi connectivity index (χ3v) is 5.72. The molecule has 0 aliphatic heterocycles. The smallest absolute Gasteiger partial charge is 0.105 e. The monoisotopic (exact) mass is 291 g/mol. The molecule has 0 aromatic carbocycles. The molecule has 2 atom stereocenters. The summed E-state index contributed by atoms with van der Waals surface area (Å²) in [4.78, 5) is 2.54. The molecule has 120 valence electrons. The van der Waals surface area contributed by atoms with Crippen LogP contribution in [0.25, 0.3) is 0 Å². The van der Waals surface area contributed by atoms with Gasteiger partial charge in [0.2, 0.25) is 0 Å². The normalized spacial score (nSPS) is 30.7. The highest BCUT2D eigenvalue weighted by Crippen LogP contribution is 2.31. The Morgan fingerprint density at radius 1 is 1.24 bits per heavy atom. The molecular weight excluding hydrogens is 258 g/mol. The molecule has 2 unspecified atom stereocenters. The van der Waals surface area contributed by atoms with E-state index in [2.05, 4.69) is 44.1 Å². The van der Waals surface area contributed by atoms with Crippen LogP contribution in [0.4, 0.5) is 0 Å². The maximum absolute atomic E-state index is 9.54. The van der Waals surface area contributed by atoms with Crippen molar-refractivity contribution < 1.29 is 0 Å². The Morgan fingerprint density at radius 2 is 1.86 bits per heavy atom. The standard InChI is InChI=1S/C18H33N3/c1-5-15-6-10-17(11-7-15)21(4)14(2)12-18(3,13-19)20-16-8-9-16/h14-17,20H,5-12H2,1-4H3. The van der Waals surface area contributed by atoms with E-state index in [4.69, 9.17) is 0 Å². The lowest BCUT2D eigenvalue weighted by atomic mass is 9.83. The van der Waals surface area contributed by atoms with Gasteiger partial charge in [0.05, 0.1) is 6.07 Å². The molecule has 0 spiro atoms. The molecule has 0 radical (unpaired) electrons. The quantitative estimate of drug-likeness (QED) is 0.777. The van der Waals surface area contributed by atoms with Crippen LogP contribution < -0.4 is 5.32 Å². The lowest BCUT2D eigenvalue weighted by Gasteiger charge is -2.40. The third-order valence-electron chi connectivity index (χ3n) is 5.72. The molecule has 0 amide bonds. The number of hydrogen-bond donors (Lipinski definition) is 1. The van der Waals surface area contributed by atoms with Gasteiger partial charge in [0.25, 0.3) is 0 Å². The van der Waals surface area contributed by atoms with Crippen LogP contribution in [-0.2, 0) is 0 Å². The van der Waals surface area contributed by atoms with Crippen molar-refractivity contribution in [1.82, 2.24) is 10.2 Å². The van der Waals surface area contributed by atoms with Gasteiger partial charge in [-0.1, -0.05) is 13.3 Å². The highest BCUT2D eigenvalue weighted by atomic mass is 15.2. The Kier molecular flexibility index (Phi) is 5.68. The first-order valence-corrected chi connectivity index (χ1v) is 8.88. The molecule has 3 nitrogen and oxygen atoms in total. The first-order valence-electron chi connectivity index (χ1n) is 8.88. The molecule has 2 saturated carbocycles. The van der Waals surface area contributed by atoms with Crippen molar-refractivity contribution in [3.8, 4) is 6.07 Å². The molecule has 0 bridgehead atoms. The van der Waals surface area contributed by atoms with E-state index < -0.39 is 0 Å². The van der Waals surface area contributed by atoms with Gasteiger partial charge in [-0.3, -0.25) is 5.32 Å². The summed E-state index contributed by atoms with van der Waals surface area (Å²) in [5, 5.41) is 13.1. The molecule has 0 aromatic rings. The first kappa shape index (κ1) is 16.8. The average Bonchev–Trinajstić information content (AvgIpc) is 3.30. The van der Waals surface area contributed by atoms with Gasteiger partial charge < -0.3 is 4.90 Å². The van der Waals surface area contributed by atoms with Gasteiger partial charge in [-0.15, -0.1) is 0 Å². The summed E-state index contributed by atoms with van der Waals surface area (Å²) < 4.78 is 0. The maximum Gasteiger partial charge on any atom is 0.105 e. The molecular formula is C18H33N3. The van der Waals surface area contributed by atoms with E-state index >= 15 is 0 Å². The molecule has 0 heterocycles. The van der Waals surface area contributed by atoms with Crippen molar-refractivity contribution in [1.29, 1.82) is 5.26 Å². The van der Waals surface area contributed by atoms with Crippen molar-refractivity contribution in [3.63, 3.8) is 0 Å². The van der Waals surface area contributed by atoms with Crippen LogP contribution in [0.3, 0.4) is 0 Å². The first-order chi connectivity index (χ1) is 9.97. The lowest BCUT2D eigenvalue weighted by Crippen LogP contribution is -2.49. The maximum atomic E-state index is 9.54. The minimum Gasteiger partial charge on any atom is -0.301 e. The highest BCUT2D eigenvalue weighted by molar-refractivity contribution is 5.08. The van der Waals surface area contributed by atoms with Crippen LogP contribution in [-0.4, -0.2) is 35.6 Å². The number of nitriles is 1. The van der Waals surface area contributed by atoms with Gasteiger partial charge in [0, 0.05) is 18.1 Å². The van der Waals surface area contributed by atoms with Gasteiger partial charge >= 0.3 is 0 Å². The molecule has 1 N–H and O–H groups in total. The second kappa shape index (κ2) is 7.11. The zero-order valence-electron chi connectivity index (χ0n) is 14.4. The van der Waals surface area contributed by atoms with E-state index in [0.717, 1.165) is 12.3 Å². The topological polar surface area (TPSA) is 39.1 Å². The fraction of sp³-hybridized carbons (Fsp3) is 0.944. The number of rotatable bonds is 7. The summed E-state index contributed by atoms with van der Waals surface area (Å²) in [6.07, 6.45) is 10.2. The van der Waals surface area contributed by atoms with Crippen molar-refractivity contribution in [3.05, 3.63) is 0 Å². The minimum atomic E-state index is -0.366. The molecule has 2 fully saturated rings. The Hall–Kier alpha value is -0.590. The molecule has 3 heteroatoms. The Labute approximate surface area is 131 Å². The number of nitrogens with zero attached hydrogens (tertiary/aromatic N) is 2. The number of hydrogen-bond acceptors (Lipinski definition) is 3. The van der Waals surface area contributed by atoms with Gasteiger partial charge in [-0.2, -0.15) is 5.26 Å². The molecule has 0 saturated heterocycles. The number of nitrogens with one attached hydrogen (secondary N) is 1. The summed E-state index contributed by atoms with van der Waals surface area (Å²) in [6.45, 7) is 6.68. The van der Waals surface area contributed by atoms with Gasteiger partial charge in [-0.25, -0.2) is 0 Å². The van der Waals surface area contributed by atoms with E-state index in [-0.39, 0.29) is 5.54 Å². The van der Waals surface area contributed by atoms with Gasteiger partial charge in [0.1, 0.15) is 5.54 Å². The average molecular weight is 291 g/mol. The fourth-order valence-electron chi connectivity index (χ4n) is 3.87. The Balaban J connectivity index is 1.84. The molecule has 0 aromatic heterocycles. The minimum absolute atomic E-state index is 0.366. The van der Waals surface area contributed by atoms with E-state index in [0.29, 0.717) is 18.1 Å². The lowest BCUT2D eigenvalue weighted by molar-refractivity contribution is 0.111. The van der Waals surface area contributed by atoms with Crippen LogP contribution in [0.2, 0.25) is 0 Å². The van der Waals surface area contributed by atoms with Crippen molar-refractivity contribution >= 4 is 0 Å². The summed E-state index contributed by atoms with van der Waals surface area (Å²) >= 11 is 0. The fourth-order valence-corrected chi connectivity index (χ4v) is 3.87. The second-order valence-corrected chi connectivity index (χ2v) is 7.66. The van der Waals surface area contributed by atoms with Crippen molar-refractivity contribution in [2.75, 3.05) is 7.05 Å². The van der Waals surface area contributed by atoms with E-state index in [9.17, 15) is 5.26 Å². The van der Waals surface area contributed by atoms with Crippen LogP contribution >= 0.6 is 0 Å². The van der Waals surface area contributed by atoms with Crippen LogP contribution in [0.1, 0.15) is 72.1 Å². The zero-order chi connectivity index (χ0) is 15.5. The van der Waals surface area contributed by atoms with Crippen LogP contribution in [0.15, 0.2) is 0 Å². The van der Waals surface area contributed by atoms with E-state index in [1.165, 1.54) is 44.9 Å². The predicted octanol–water partition coefficient (Wildman–Crippen LogP) is 3.70. The summed E-state index contributed by atoms with van der Waals surface area (Å²) in [5.41, 5.74) is -0.366. The summed E-state index contributed by atoms with van der Waals surface area (Å²) in [5.74, 6) is 0.950. The second-order valence-electron chi connectivity index (χ2n) is 7.66. The third kappa shape index (κ3) is 4.69. The van der Waals surface area contributed by atoms with Crippen LogP contribution in [0.5, 0.6) is 0 Å². The van der Waals surface area contributed by atoms with Gasteiger partial charge in [0.15, 0.2) is 0 Å².